The molecule has 0 fully saturated rings. The van der Waals surface area contributed by atoms with Gasteiger partial charge in [-0.25, -0.2) is 4.39 Å². The quantitative estimate of drug-likeness (QED) is 0.245. The van der Waals surface area contributed by atoms with Crippen LogP contribution in [0.25, 0.3) is 0 Å². The predicted molar refractivity (Wildman–Crippen MR) is 149 cm³/mol. The molecular weight excluding hydrogens is 513 g/mol. The van der Waals surface area contributed by atoms with Crippen molar-refractivity contribution in [2.75, 3.05) is 27.3 Å². The van der Waals surface area contributed by atoms with E-state index in [-0.39, 0.29) is 23.4 Å². The van der Waals surface area contributed by atoms with Crippen LogP contribution in [0.3, 0.4) is 0 Å². The third kappa shape index (κ3) is 7.11. The molecule has 0 atom stereocenters. The summed E-state index contributed by atoms with van der Waals surface area (Å²) >= 11 is 0. The van der Waals surface area contributed by atoms with Gasteiger partial charge in [0.1, 0.15) is 11.6 Å². The first kappa shape index (κ1) is 28.5. The SMILES string of the molecule is CCCN(Cc1cccn1Cc1ccc(C(=O)NCCc2ccc(OC)c(OC)c2)o1)C(=O)c1ccc(F)cc1. The molecule has 0 aliphatic rings. The topological polar surface area (TPSA) is 85.9 Å². The molecule has 4 aromatic rings. The van der Waals surface area contributed by atoms with Gasteiger partial charge in [-0.3, -0.25) is 9.59 Å². The van der Waals surface area contributed by atoms with Gasteiger partial charge in [-0.15, -0.1) is 0 Å². The molecule has 1 N–H and O–H groups in total. The minimum Gasteiger partial charge on any atom is -0.493 e. The first-order valence-corrected chi connectivity index (χ1v) is 13.2. The number of rotatable bonds is 13. The maximum absolute atomic E-state index is 13.3. The third-order valence-electron chi connectivity index (χ3n) is 6.51. The summed E-state index contributed by atoms with van der Waals surface area (Å²) in [5.74, 6) is 1.32. The van der Waals surface area contributed by atoms with Crippen LogP contribution in [0.5, 0.6) is 11.5 Å². The van der Waals surface area contributed by atoms with Crippen molar-refractivity contribution in [3.8, 4) is 11.5 Å². The van der Waals surface area contributed by atoms with Crippen LogP contribution in [0.1, 0.15) is 51.3 Å². The first-order chi connectivity index (χ1) is 19.4. The lowest BCUT2D eigenvalue weighted by molar-refractivity contribution is 0.0739. The second-order valence-electron chi connectivity index (χ2n) is 9.32. The van der Waals surface area contributed by atoms with Crippen molar-refractivity contribution in [1.29, 1.82) is 0 Å². The Bertz CT molecular complexity index is 1430. The molecule has 0 radical (unpaired) electrons. The van der Waals surface area contributed by atoms with Crippen LogP contribution in [0, 0.1) is 5.82 Å². The lowest BCUT2D eigenvalue weighted by atomic mass is 10.1. The minimum absolute atomic E-state index is 0.153. The molecular formula is C31H34FN3O5. The van der Waals surface area contributed by atoms with Crippen molar-refractivity contribution < 1.29 is 27.9 Å². The zero-order valence-corrected chi connectivity index (χ0v) is 23.0. The summed E-state index contributed by atoms with van der Waals surface area (Å²) in [7, 11) is 3.17. The Morgan fingerprint density at radius 3 is 2.50 bits per heavy atom. The van der Waals surface area contributed by atoms with Crippen LogP contribution in [0.2, 0.25) is 0 Å². The monoisotopic (exact) mass is 547 g/mol. The molecule has 0 unspecified atom stereocenters. The number of amides is 2. The summed E-state index contributed by atoms with van der Waals surface area (Å²) in [4.78, 5) is 27.5. The molecule has 2 aromatic carbocycles. The molecule has 40 heavy (non-hydrogen) atoms. The summed E-state index contributed by atoms with van der Waals surface area (Å²) < 4.78 is 31.7. The Labute approximate surface area is 233 Å². The number of hydrogen-bond acceptors (Lipinski definition) is 5. The molecule has 9 heteroatoms. The van der Waals surface area contributed by atoms with E-state index in [1.54, 1.807) is 31.3 Å². The van der Waals surface area contributed by atoms with Crippen LogP contribution in [-0.4, -0.2) is 48.6 Å². The van der Waals surface area contributed by atoms with Gasteiger partial charge in [0.25, 0.3) is 11.8 Å². The number of carbonyl (C=O) groups is 2. The number of hydrogen-bond donors (Lipinski definition) is 1. The van der Waals surface area contributed by atoms with E-state index in [0.29, 0.717) is 55.4 Å². The van der Waals surface area contributed by atoms with Crippen molar-refractivity contribution in [1.82, 2.24) is 14.8 Å². The molecule has 8 nitrogen and oxygen atoms in total. The fourth-order valence-electron chi connectivity index (χ4n) is 4.44. The van der Waals surface area contributed by atoms with Gasteiger partial charge in [0.2, 0.25) is 0 Å². The lowest BCUT2D eigenvalue weighted by Gasteiger charge is -2.23. The van der Waals surface area contributed by atoms with E-state index >= 15 is 0 Å². The number of nitrogens with zero attached hydrogens (tertiary/aromatic N) is 2. The van der Waals surface area contributed by atoms with Crippen LogP contribution >= 0.6 is 0 Å². The molecule has 210 valence electrons. The maximum Gasteiger partial charge on any atom is 0.287 e. The normalized spacial score (nSPS) is 10.8. The Hall–Kier alpha value is -4.53. The van der Waals surface area contributed by atoms with E-state index in [0.717, 1.165) is 17.7 Å². The standard InChI is InChI=1S/C31H34FN3O5/c1-4-17-35(31(37)23-8-10-24(32)11-9-23)20-25-6-5-18-34(25)21-26-12-14-28(40-26)30(36)33-16-15-22-7-13-27(38-2)29(19-22)39-3/h5-14,18-19H,4,15-17,20-21H2,1-3H3,(H,33,36). The van der Waals surface area contributed by atoms with Crippen molar-refractivity contribution >= 4 is 11.8 Å². The van der Waals surface area contributed by atoms with Gasteiger partial charge in [-0.2, -0.15) is 0 Å². The molecule has 2 heterocycles. The Morgan fingerprint density at radius 1 is 1.00 bits per heavy atom. The summed E-state index contributed by atoms with van der Waals surface area (Å²) in [6.07, 6.45) is 3.32. The number of carbonyl (C=O) groups excluding carboxylic acids is 2. The van der Waals surface area contributed by atoms with Gasteiger partial charge in [0.15, 0.2) is 17.3 Å². The molecule has 0 saturated carbocycles. The molecule has 0 saturated heterocycles. The largest absolute Gasteiger partial charge is 0.493 e. The number of ether oxygens (including phenoxy) is 2. The highest BCUT2D eigenvalue weighted by Gasteiger charge is 2.18. The highest BCUT2D eigenvalue weighted by Crippen LogP contribution is 2.27. The summed E-state index contributed by atoms with van der Waals surface area (Å²) in [5.41, 5.74) is 2.37. The van der Waals surface area contributed by atoms with E-state index in [1.807, 2.05) is 48.0 Å². The predicted octanol–water partition coefficient (Wildman–Crippen LogP) is 5.31. The van der Waals surface area contributed by atoms with Crippen LogP contribution in [-0.2, 0) is 19.5 Å². The van der Waals surface area contributed by atoms with Gasteiger partial charge in [0, 0.05) is 30.5 Å². The third-order valence-corrected chi connectivity index (χ3v) is 6.51. The van der Waals surface area contributed by atoms with Gasteiger partial charge < -0.3 is 28.7 Å². The maximum atomic E-state index is 13.3. The van der Waals surface area contributed by atoms with Gasteiger partial charge in [-0.05, 0) is 79.1 Å². The van der Waals surface area contributed by atoms with Crippen molar-refractivity contribution in [3.63, 3.8) is 0 Å². The van der Waals surface area contributed by atoms with Gasteiger partial charge in [-0.1, -0.05) is 13.0 Å². The van der Waals surface area contributed by atoms with E-state index in [2.05, 4.69) is 5.32 Å². The molecule has 0 aliphatic heterocycles. The number of nitrogens with one attached hydrogen (secondary N) is 1. The van der Waals surface area contributed by atoms with Crippen LogP contribution in [0.15, 0.2) is 77.3 Å². The second kappa shape index (κ2) is 13.5. The van der Waals surface area contributed by atoms with Crippen molar-refractivity contribution in [3.05, 3.63) is 107 Å². The van der Waals surface area contributed by atoms with E-state index in [9.17, 15) is 14.0 Å². The van der Waals surface area contributed by atoms with Gasteiger partial charge >= 0.3 is 0 Å². The average molecular weight is 548 g/mol. The second-order valence-corrected chi connectivity index (χ2v) is 9.32. The number of aromatic nitrogens is 1. The Morgan fingerprint density at radius 2 is 1.77 bits per heavy atom. The fraction of sp³-hybridized carbons (Fsp3) is 0.290. The van der Waals surface area contributed by atoms with E-state index in [1.165, 1.54) is 24.3 Å². The molecule has 2 aromatic heterocycles. The van der Waals surface area contributed by atoms with Crippen molar-refractivity contribution in [2.24, 2.45) is 0 Å². The highest BCUT2D eigenvalue weighted by atomic mass is 19.1. The Kier molecular flexibility index (Phi) is 9.62. The molecule has 0 spiro atoms. The Balaban J connectivity index is 1.35. The molecule has 0 aliphatic carbocycles. The summed E-state index contributed by atoms with van der Waals surface area (Å²) in [6, 6.07) is 18.5. The zero-order valence-electron chi connectivity index (χ0n) is 23.0. The average Bonchev–Trinajstić information content (AvgIpc) is 3.62. The number of furan rings is 1. The zero-order chi connectivity index (χ0) is 28.5. The van der Waals surface area contributed by atoms with Crippen LogP contribution < -0.4 is 14.8 Å². The fourth-order valence-corrected chi connectivity index (χ4v) is 4.44. The summed E-state index contributed by atoms with van der Waals surface area (Å²) in [5, 5.41) is 2.89. The number of halogens is 1. The van der Waals surface area contributed by atoms with Crippen molar-refractivity contribution in [2.45, 2.75) is 32.9 Å². The molecule has 0 bridgehead atoms. The smallest absolute Gasteiger partial charge is 0.287 e. The van der Waals surface area contributed by atoms with Gasteiger partial charge in [0.05, 0.1) is 27.3 Å². The number of benzene rings is 2. The molecule has 2 amide bonds. The summed E-state index contributed by atoms with van der Waals surface area (Å²) in [6.45, 7) is 3.80. The molecule has 4 rings (SSSR count). The lowest BCUT2D eigenvalue weighted by Crippen LogP contribution is -2.32. The highest BCUT2D eigenvalue weighted by molar-refractivity contribution is 5.94. The minimum atomic E-state index is -0.378. The first-order valence-electron chi connectivity index (χ1n) is 13.2. The van der Waals surface area contributed by atoms with E-state index in [4.69, 9.17) is 13.9 Å². The number of methoxy groups -OCH3 is 2. The van der Waals surface area contributed by atoms with Crippen LogP contribution in [0.4, 0.5) is 4.39 Å². The van der Waals surface area contributed by atoms with E-state index < -0.39 is 0 Å².